The monoisotopic (exact) mass is 351 g/mol. The molecule has 0 saturated heterocycles. The maximum Gasteiger partial charge on any atom is 0.223 e. The van der Waals surface area contributed by atoms with Crippen LogP contribution in [0.5, 0.6) is 5.75 Å². The van der Waals surface area contributed by atoms with Gasteiger partial charge >= 0.3 is 0 Å². The van der Waals surface area contributed by atoms with Crippen LogP contribution in [0.1, 0.15) is 0 Å². The van der Waals surface area contributed by atoms with E-state index in [4.69, 9.17) is 21.9 Å². The van der Waals surface area contributed by atoms with Gasteiger partial charge in [0.2, 0.25) is 5.96 Å². The van der Waals surface area contributed by atoms with Crippen LogP contribution in [-0.2, 0) is 0 Å². The van der Waals surface area contributed by atoms with Gasteiger partial charge in [0.15, 0.2) is 17.5 Å². The molecule has 0 atom stereocenters. The first kappa shape index (κ1) is 13.5. The minimum absolute atomic E-state index is 0.00866. The van der Waals surface area contributed by atoms with Crippen molar-refractivity contribution in [2.75, 3.05) is 7.11 Å². The van der Waals surface area contributed by atoms with Gasteiger partial charge in [0, 0.05) is 0 Å². The highest BCUT2D eigenvalue weighted by molar-refractivity contribution is 14.1. The second-order valence-electron chi connectivity index (χ2n) is 2.92. The summed E-state index contributed by atoms with van der Waals surface area (Å²) < 4.78 is 19.0. The smallest absolute Gasteiger partial charge is 0.223 e. The lowest BCUT2D eigenvalue weighted by molar-refractivity contribution is 0.386. The van der Waals surface area contributed by atoms with E-state index in [1.807, 2.05) is 22.6 Å². The molecule has 0 aliphatic rings. The van der Waals surface area contributed by atoms with E-state index in [0.29, 0.717) is 3.57 Å². The zero-order valence-electron chi connectivity index (χ0n) is 8.95. The number of halogens is 2. The standard InChI is InChI=1S/C9H11FIN5O/c1-17-7-5(3-2-4(11)6(7)10)15-9(14)16-8(12)13/h2-3H,1H3,(H6,12,13,14,15,16). The highest BCUT2D eigenvalue weighted by Gasteiger charge is 2.12. The summed E-state index contributed by atoms with van der Waals surface area (Å²) in [7, 11) is 1.34. The van der Waals surface area contributed by atoms with E-state index in [9.17, 15) is 4.39 Å². The third-order valence-electron chi connectivity index (χ3n) is 1.71. The third-order valence-corrected chi connectivity index (χ3v) is 2.55. The van der Waals surface area contributed by atoms with Crippen molar-refractivity contribution >= 4 is 40.2 Å². The predicted octanol–water partition coefficient (Wildman–Crippen LogP) is 0.659. The van der Waals surface area contributed by atoms with E-state index in [2.05, 4.69) is 9.98 Å². The van der Waals surface area contributed by atoms with Gasteiger partial charge in [-0.05, 0) is 34.7 Å². The number of ether oxygens (including phenoxy) is 1. The molecule has 8 heteroatoms. The Bertz CT molecular complexity index is 485. The van der Waals surface area contributed by atoms with Crippen molar-refractivity contribution in [3.8, 4) is 5.75 Å². The van der Waals surface area contributed by atoms with E-state index in [0.717, 1.165) is 0 Å². The molecule has 0 bridgehead atoms. The van der Waals surface area contributed by atoms with Gasteiger partial charge in [0.25, 0.3) is 0 Å². The number of benzene rings is 1. The van der Waals surface area contributed by atoms with Crippen LogP contribution in [-0.4, -0.2) is 19.0 Å². The lowest BCUT2D eigenvalue weighted by atomic mass is 10.3. The Morgan fingerprint density at radius 1 is 1.35 bits per heavy atom. The van der Waals surface area contributed by atoms with Crippen molar-refractivity contribution in [3.63, 3.8) is 0 Å². The van der Waals surface area contributed by atoms with Gasteiger partial charge in [-0.2, -0.15) is 4.99 Å². The number of aliphatic imine (C=N–C) groups is 2. The Labute approximate surface area is 111 Å². The second kappa shape index (κ2) is 5.66. The third kappa shape index (κ3) is 3.44. The van der Waals surface area contributed by atoms with Gasteiger partial charge in [-0.25, -0.2) is 9.38 Å². The normalized spacial score (nSPS) is 11.1. The highest BCUT2D eigenvalue weighted by atomic mass is 127. The Morgan fingerprint density at radius 2 is 2.00 bits per heavy atom. The quantitative estimate of drug-likeness (QED) is 0.413. The number of nitrogens with two attached hydrogens (primary N) is 3. The van der Waals surface area contributed by atoms with Crippen LogP contribution in [0, 0.1) is 9.39 Å². The maximum absolute atomic E-state index is 13.6. The van der Waals surface area contributed by atoms with Crippen LogP contribution >= 0.6 is 22.6 Å². The second-order valence-corrected chi connectivity index (χ2v) is 4.08. The van der Waals surface area contributed by atoms with Gasteiger partial charge in [-0.15, -0.1) is 0 Å². The number of nitrogens with zero attached hydrogens (tertiary/aromatic N) is 2. The maximum atomic E-state index is 13.6. The lowest BCUT2D eigenvalue weighted by Gasteiger charge is -2.07. The lowest BCUT2D eigenvalue weighted by Crippen LogP contribution is -2.26. The van der Waals surface area contributed by atoms with Crippen LogP contribution in [0.4, 0.5) is 10.1 Å². The molecule has 0 saturated carbocycles. The predicted molar refractivity (Wildman–Crippen MR) is 72.8 cm³/mol. The van der Waals surface area contributed by atoms with Crippen molar-refractivity contribution < 1.29 is 9.13 Å². The van der Waals surface area contributed by atoms with Crippen molar-refractivity contribution in [3.05, 3.63) is 21.5 Å². The number of methoxy groups -OCH3 is 1. The SMILES string of the molecule is COc1c(N=C(N)N=C(N)N)ccc(I)c1F. The van der Waals surface area contributed by atoms with E-state index in [1.165, 1.54) is 7.11 Å². The van der Waals surface area contributed by atoms with Gasteiger partial charge in [0.1, 0.15) is 5.69 Å². The van der Waals surface area contributed by atoms with Crippen LogP contribution in [0.15, 0.2) is 22.1 Å². The van der Waals surface area contributed by atoms with Crippen molar-refractivity contribution in [2.45, 2.75) is 0 Å². The van der Waals surface area contributed by atoms with E-state index in [1.54, 1.807) is 12.1 Å². The van der Waals surface area contributed by atoms with Crippen molar-refractivity contribution in [2.24, 2.45) is 27.2 Å². The largest absolute Gasteiger partial charge is 0.491 e. The first-order valence-corrected chi connectivity index (χ1v) is 5.49. The average Bonchev–Trinajstić information content (AvgIpc) is 2.23. The molecule has 0 heterocycles. The number of hydrogen-bond donors (Lipinski definition) is 3. The average molecular weight is 351 g/mol. The van der Waals surface area contributed by atoms with Gasteiger partial charge in [0.05, 0.1) is 10.7 Å². The van der Waals surface area contributed by atoms with Crippen LogP contribution < -0.4 is 21.9 Å². The summed E-state index contributed by atoms with van der Waals surface area (Å²) in [6, 6.07) is 3.10. The minimum atomic E-state index is -0.508. The van der Waals surface area contributed by atoms with Crippen LogP contribution in [0.25, 0.3) is 0 Å². The molecule has 0 fully saturated rings. The zero-order chi connectivity index (χ0) is 13.0. The summed E-state index contributed by atoms with van der Waals surface area (Å²) in [5.41, 5.74) is 15.9. The fourth-order valence-electron chi connectivity index (χ4n) is 1.08. The number of rotatable bonds is 2. The van der Waals surface area contributed by atoms with Crippen molar-refractivity contribution in [1.82, 2.24) is 0 Å². The van der Waals surface area contributed by atoms with Crippen LogP contribution in [0.2, 0.25) is 0 Å². The molecule has 17 heavy (non-hydrogen) atoms. The highest BCUT2D eigenvalue weighted by Crippen LogP contribution is 2.32. The number of hydrogen-bond acceptors (Lipinski definition) is 2. The molecular formula is C9H11FIN5O. The minimum Gasteiger partial charge on any atom is -0.491 e. The fourth-order valence-corrected chi connectivity index (χ4v) is 1.51. The summed E-state index contributed by atoms with van der Waals surface area (Å²) >= 11 is 1.84. The topological polar surface area (TPSA) is 112 Å². The Kier molecular flexibility index (Phi) is 4.49. The fraction of sp³-hybridized carbons (Fsp3) is 0.111. The first-order chi connectivity index (χ1) is 7.95. The Morgan fingerprint density at radius 3 is 2.53 bits per heavy atom. The summed E-state index contributed by atoms with van der Waals surface area (Å²) in [4.78, 5) is 7.37. The van der Waals surface area contributed by atoms with E-state index >= 15 is 0 Å². The molecule has 0 unspecified atom stereocenters. The molecule has 0 radical (unpaired) electrons. The first-order valence-electron chi connectivity index (χ1n) is 4.41. The summed E-state index contributed by atoms with van der Waals surface area (Å²) in [5, 5.41) is 0. The molecule has 0 aromatic heterocycles. The summed E-state index contributed by atoms with van der Waals surface area (Å²) in [6.07, 6.45) is 0. The molecule has 1 aromatic carbocycles. The van der Waals surface area contributed by atoms with E-state index < -0.39 is 5.82 Å². The molecule has 0 aliphatic carbocycles. The Balaban J connectivity index is 3.24. The molecular weight excluding hydrogens is 340 g/mol. The van der Waals surface area contributed by atoms with Gasteiger partial charge in [-0.3, -0.25) is 0 Å². The van der Waals surface area contributed by atoms with Gasteiger partial charge < -0.3 is 21.9 Å². The molecule has 92 valence electrons. The molecule has 0 spiro atoms. The molecule has 0 aliphatic heterocycles. The summed E-state index contributed by atoms with van der Waals surface area (Å²) in [6.45, 7) is 0. The molecule has 6 nitrogen and oxygen atoms in total. The summed E-state index contributed by atoms with van der Waals surface area (Å²) in [5.74, 6) is -0.919. The zero-order valence-corrected chi connectivity index (χ0v) is 11.1. The molecule has 1 rings (SSSR count). The van der Waals surface area contributed by atoms with Crippen LogP contribution in [0.3, 0.4) is 0 Å². The Hall–Kier alpha value is -1.58. The molecule has 6 N–H and O–H groups in total. The van der Waals surface area contributed by atoms with Crippen molar-refractivity contribution in [1.29, 1.82) is 0 Å². The van der Waals surface area contributed by atoms with Gasteiger partial charge in [-0.1, -0.05) is 0 Å². The molecule has 0 amide bonds. The number of guanidine groups is 2. The molecule has 1 aromatic rings. The van der Waals surface area contributed by atoms with E-state index in [-0.39, 0.29) is 23.4 Å².